The van der Waals surface area contributed by atoms with E-state index in [2.05, 4.69) is 0 Å². The lowest BCUT2D eigenvalue weighted by atomic mass is 10.1. The normalized spacial score (nSPS) is 14.8. The lowest BCUT2D eigenvalue weighted by Crippen LogP contribution is -2.28. The Morgan fingerprint density at radius 2 is 1.79 bits per heavy atom. The first kappa shape index (κ1) is 23.4. The highest BCUT2D eigenvalue weighted by atomic mass is 35.5. The quantitative estimate of drug-likeness (QED) is 0.260. The lowest BCUT2D eigenvalue weighted by Gasteiger charge is -2.16. The summed E-state index contributed by atoms with van der Waals surface area (Å²) in [4.78, 5) is 15.3. The van der Waals surface area contributed by atoms with Gasteiger partial charge in [-0.1, -0.05) is 78.0 Å². The van der Waals surface area contributed by atoms with Gasteiger partial charge in [0.15, 0.2) is 15.8 Å². The SMILES string of the molecule is CCOc1cc(/C=C2/SC(=S)N(c3ccccc3C)C2=O)ccc1OCc1ccccc1Cl. The minimum Gasteiger partial charge on any atom is -0.490 e. The average molecular weight is 496 g/mol. The van der Waals surface area contributed by atoms with E-state index < -0.39 is 0 Å². The summed E-state index contributed by atoms with van der Waals surface area (Å²) in [5, 5.41) is 0.655. The standard InChI is InChI=1S/C26H22ClNO3S2/c1-3-30-23-14-18(12-13-22(23)31-16-19-9-5-6-10-20(19)27)15-24-25(29)28(26(32)33-24)21-11-7-4-8-17(21)2/h4-15H,3,16H2,1-2H3/b24-15+. The first-order chi connectivity index (χ1) is 16.0. The number of thioether (sulfide) groups is 1. The van der Waals surface area contributed by atoms with Crippen LogP contribution in [0.25, 0.3) is 6.08 Å². The highest BCUT2D eigenvalue weighted by Gasteiger charge is 2.34. The third-order valence-electron chi connectivity index (χ3n) is 5.06. The third kappa shape index (κ3) is 5.24. The molecule has 1 aliphatic heterocycles. The summed E-state index contributed by atoms with van der Waals surface area (Å²) in [6.07, 6.45) is 1.83. The molecule has 0 aliphatic carbocycles. The monoisotopic (exact) mass is 495 g/mol. The number of hydrogen-bond acceptors (Lipinski definition) is 5. The Labute approximate surface area is 208 Å². The molecule has 3 aromatic carbocycles. The van der Waals surface area contributed by atoms with Crippen LogP contribution in [0.4, 0.5) is 5.69 Å². The molecule has 4 nitrogen and oxygen atoms in total. The number of nitrogens with zero attached hydrogens (tertiary/aromatic N) is 1. The third-order valence-corrected chi connectivity index (χ3v) is 6.73. The molecule has 4 rings (SSSR count). The molecule has 0 aromatic heterocycles. The second-order valence-corrected chi connectivity index (χ2v) is 9.41. The van der Waals surface area contributed by atoms with Gasteiger partial charge in [0.2, 0.25) is 0 Å². The van der Waals surface area contributed by atoms with Gasteiger partial charge < -0.3 is 9.47 Å². The number of carbonyl (C=O) groups excluding carboxylic acids is 1. The van der Waals surface area contributed by atoms with Gasteiger partial charge in [-0.3, -0.25) is 9.69 Å². The molecule has 0 N–H and O–H groups in total. The molecule has 1 saturated heterocycles. The maximum atomic E-state index is 13.1. The molecule has 1 amide bonds. The van der Waals surface area contributed by atoms with Crippen LogP contribution in [0.5, 0.6) is 11.5 Å². The predicted molar refractivity (Wildman–Crippen MR) is 140 cm³/mol. The van der Waals surface area contributed by atoms with Gasteiger partial charge in [-0.05, 0) is 55.3 Å². The van der Waals surface area contributed by atoms with Gasteiger partial charge in [0.05, 0.1) is 17.2 Å². The second-order valence-electron chi connectivity index (χ2n) is 7.32. The molecule has 0 radical (unpaired) electrons. The van der Waals surface area contributed by atoms with Gasteiger partial charge in [-0.2, -0.15) is 0 Å². The van der Waals surface area contributed by atoms with E-state index in [-0.39, 0.29) is 5.91 Å². The number of carbonyl (C=O) groups is 1. The smallest absolute Gasteiger partial charge is 0.270 e. The van der Waals surface area contributed by atoms with Crippen molar-refractivity contribution in [1.29, 1.82) is 0 Å². The number of thiocarbonyl (C=S) groups is 1. The van der Waals surface area contributed by atoms with E-state index in [1.165, 1.54) is 11.8 Å². The van der Waals surface area contributed by atoms with Gasteiger partial charge in [0.25, 0.3) is 5.91 Å². The van der Waals surface area contributed by atoms with Crippen molar-refractivity contribution in [1.82, 2.24) is 0 Å². The summed E-state index contributed by atoms with van der Waals surface area (Å²) in [6, 6.07) is 20.9. The van der Waals surface area contributed by atoms with Gasteiger partial charge >= 0.3 is 0 Å². The number of rotatable bonds is 7. The van der Waals surface area contributed by atoms with Crippen LogP contribution in [0.15, 0.2) is 71.6 Å². The number of halogens is 1. The molecule has 1 aliphatic rings. The topological polar surface area (TPSA) is 38.8 Å². The van der Waals surface area contributed by atoms with Crippen LogP contribution in [0, 0.1) is 6.92 Å². The number of aryl methyl sites for hydroxylation is 1. The Kier molecular flexibility index (Phi) is 7.38. The van der Waals surface area contributed by atoms with Gasteiger partial charge in [0, 0.05) is 10.6 Å². The zero-order valence-electron chi connectivity index (χ0n) is 18.2. The van der Waals surface area contributed by atoms with Crippen molar-refractivity contribution in [3.8, 4) is 11.5 Å². The fraction of sp³-hybridized carbons (Fsp3) is 0.154. The van der Waals surface area contributed by atoms with E-state index in [0.717, 1.165) is 22.4 Å². The molecule has 0 atom stereocenters. The van der Waals surface area contributed by atoms with Crippen LogP contribution in [0.2, 0.25) is 5.02 Å². The van der Waals surface area contributed by atoms with Crippen LogP contribution in [0.3, 0.4) is 0 Å². The molecular weight excluding hydrogens is 474 g/mol. The molecule has 0 saturated carbocycles. The minimum absolute atomic E-state index is 0.128. The maximum absolute atomic E-state index is 13.1. The van der Waals surface area contributed by atoms with Crippen LogP contribution in [-0.4, -0.2) is 16.8 Å². The van der Waals surface area contributed by atoms with E-state index in [1.807, 2.05) is 86.7 Å². The molecule has 1 fully saturated rings. The molecule has 33 heavy (non-hydrogen) atoms. The summed E-state index contributed by atoms with van der Waals surface area (Å²) < 4.78 is 12.3. The summed E-state index contributed by atoms with van der Waals surface area (Å²) in [5.74, 6) is 1.09. The number of anilines is 1. The molecule has 0 spiro atoms. The van der Waals surface area contributed by atoms with Crippen LogP contribution in [-0.2, 0) is 11.4 Å². The Bertz CT molecular complexity index is 1240. The summed E-state index contributed by atoms with van der Waals surface area (Å²) >= 11 is 13.0. The Morgan fingerprint density at radius 3 is 2.55 bits per heavy atom. The number of hydrogen-bond donors (Lipinski definition) is 0. The van der Waals surface area contributed by atoms with Gasteiger partial charge in [0.1, 0.15) is 6.61 Å². The summed E-state index contributed by atoms with van der Waals surface area (Å²) in [6.45, 7) is 4.70. The largest absolute Gasteiger partial charge is 0.490 e. The maximum Gasteiger partial charge on any atom is 0.270 e. The van der Waals surface area contributed by atoms with E-state index in [9.17, 15) is 4.79 Å². The second kappa shape index (κ2) is 10.4. The predicted octanol–water partition coefficient (Wildman–Crippen LogP) is 7.03. The van der Waals surface area contributed by atoms with Crippen molar-refractivity contribution >= 4 is 57.6 Å². The molecule has 3 aromatic rings. The number of para-hydroxylation sites is 1. The Hall–Kier alpha value is -2.80. The first-order valence-corrected chi connectivity index (χ1v) is 12.0. The van der Waals surface area contributed by atoms with Gasteiger partial charge in [-0.15, -0.1) is 0 Å². The summed E-state index contributed by atoms with van der Waals surface area (Å²) in [5.41, 5.74) is 3.52. The summed E-state index contributed by atoms with van der Waals surface area (Å²) in [7, 11) is 0. The fourth-order valence-corrected chi connectivity index (χ4v) is 4.89. The van der Waals surface area contributed by atoms with Crippen molar-refractivity contribution in [2.75, 3.05) is 11.5 Å². The number of ether oxygens (including phenoxy) is 2. The number of benzene rings is 3. The van der Waals surface area contributed by atoms with Gasteiger partial charge in [-0.25, -0.2) is 0 Å². The van der Waals surface area contributed by atoms with Crippen LogP contribution in [0.1, 0.15) is 23.6 Å². The van der Waals surface area contributed by atoms with E-state index in [1.54, 1.807) is 4.90 Å². The zero-order valence-corrected chi connectivity index (χ0v) is 20.6. The molecule has 168 valence electrons. The van der Waals surface area contributed by atoms with Crippen LogP contribution >= 0.6 is 35.6 Å². The lowest BCUT2D eigenvalue weighted by molar-refractivity contribution is -0.113. The van der Waals surface area contributed by atoms with E-state index in [0.29, 0.717) is 39.0 Å². The zero-order chi connectivity index (χ0) is 23.4. The molecule has 7 heteroatoms. The van der Waals surface area contributed by atoms with E-state index >= 15 is 0 Å². The highest BCUT2D eigenvalue weighted by molar-refractivity contribution is 8.27. The molecule has 0 unspecified atom stereocenters. The molecule has 1 heterocycles. The van der Waals surface area contributed by atoms with Crippen molar-refractivity contribution in [2.45, 2.75) is 20.5 Å². The van der Waals surface area contributed by atoms with Crippen molar-refractivity contribution in [2.24, 2.45) is 0 Å². The Morgan fingerprint density at radius 1 is 1.03 bits per heavy atom. The first-order valence-electron chi connectivity index (χ1n) is 10.4. The van der Waals surface area contributed by atoms with Crippen LogP contribution < -0.4 is 14.4 Å². The molecule has 0 bridgehead atoms. The fourth-order valence-electron chi connectivity index (χ4n) is 3.41. The Balaban J connectivity index is 1.57. The van der Waals surface area contributed by atoms with Crippen molar-refractivity contribution in [3.63, 3.8) is 0 Å². The van der Waals surface area contributed by atoms with Crippen molar-refractivity contribution < 1.29 is 14.3 Å². The molecular formula is C26H22ClNO3S2. The van der Waals surface area contributed by atoms with E-state index in [4.69, 9.17) is 33.3 Å². The average Bonchev–Trinajstić information content (AvgIpc) is 3.07. The van der Waals surface area contributed by atoms with Crippen molar-refractivity contribution in [3.05, 3.63) is 93.3 Å². The highest BCUT2D eigenvalue weighted by Crippen LogP contribution is 2.38. The minimum atomic E-state index is -0.128. The number of amides is 1.